The van der Waals surface area contributed by atoms with Crippen molar-refractivity contribution in [2.75, 3.05) is 38.5 Å². The summed E-state index contributed by atoms with van der Waals surface area (Å²) >= 11 is 0. The first kappa shape index (κ1) is 19.8. The van der Waals surface area contributed by atoms with Gasteiger partial charge < -0.3 is 19.9 Å². The van der Waals surface area contributed by atoms with E-state index in [1.54, 1.807) is 11.9 Å². The second kappa shape index (κ2) is 9.82. The van der Waals surface area contributed by atoms with E-state index in [1.165, 1.54) is 24.3 Å². The van der Waals surface area contributed by atoms with Crippen LogP contribution < -0.4 is 15.0 Å². The van der Waals surface area contributed by atoms with Gasteiger partial charge in [-0.3, -0.25) is 9.59 Å². The molecule has 0 bridgehead atoms. The second-order valence-electron chi connectivity index (χ2n) is 5.33. The fraction of sp³-hybridized carbons (Fsp3) is 0.500. The standard InChI is InChI=1S/C16H23F2N3O3/c1-4-21(5-2)15(23)11-20(3)10-14(22)19-12-6-8-13(9-7-12)24-16(17)18/h6-9,16H,4-5,10-11H2,1-3H3,(H,19,22)/p+1. The molecule has 0 aliphatic heterocycles. The number of benzene rings is 1. The average molecular weight is 344 g/mol. The predicted octanol–water partition coefficient (Wildman–Crippen LogP) is 0.610. The van der Waals surface area contributed by atoms with E-state index in [1.807, 2.05) is 13.8 Å². The zero-order valence-corrected chi connectivity index (χ0v) is 14.1. The number of amides is 2. The van der Waals surface area contributed by atoms with Crippen LogP contribution in [0.2, 0.25) is 0 Å². The van der Waals surface area contributed by atoms with Crippen LogP contribution in [-0.2, 0) is 9.59 Å². The van der Waals surface area contributed by atoms with Gasteiger partial charge in [0.1, 0.15) is 5.75 Å². The minimum Gasteiger partial charge on any atom is -0.435 e. The molecular weight excluding hydrogens is 320 g/mol. The third kappa shape index (κ3) is 6.91. The van der Waals surface area contributed by atoms with Gasteiger partial charge in [-0.15, -0.1) is 0 Å². The molecule has 1 atom stereocenters. The molecule has 134 valence electrons. The summed E-state index contributed by atoms with van der Waals surface area (Å²) in [6.45, 7) is 2.57. The lowest BCUT2D eigenvalue weighted by molar-refractivity contribution is -0.862. The molecule has 0 aliphatic rings. The van der Waals surface area contributed by atoms with Crippen LogP contribution in [0.3, 0.4) is 0 Å². The van der Waals surface area contributed by atoms with E-state index in [4.69, 9.17) is 0 Å². The lowest BCUT2D eigenvalue weighted by atomic mass is 10.3. The van der Waals surface area contributed by atoms with Gasteiger partial charge in [-0.25, -0.2) is 0 Å². The maximum atomic E-state index is 12.1. The number of nitrogens with zero attached hydrogens (tertiary/aromatic N) is 1. The van der Waals surface area contributed by atoms with Crippen LogP contribution in [0.25, 0.3) is 0 Å². The van der Waals surface area contributed by atoms with Gasteiger partial charge in [-0.2, -0.15) is 8.78 Å². The largest absolute Gasteiger partial charge is 0.435 e. The molecule has 0 saturated carbocycles. The third-order valence-electron chi connectivity index (χ3n) is 3.39. The van der Waals surface area contributed by atoms with E-state index in [9.17, 15) is 18.4 Å². The third-order valence-corrected chi connectivity index (χ3v) is 3.39. The predicted molar refractivity (Wildman–Crippen MR) is 86.3 cm³/mol. The molecule has 1 rings (SSSR count). The molecule has 2 N–H and O–H groups in total. The fourth-order valence-electron chi connectivity index (χ4n) is 2.21. The number of anilines is 1. The van der Waals surface area contributed by atoms with Crippen molar-refractivity contribution < 1.29 is 28.0 Å². The number of likely N-dealkylation sites (N-methyl/N-ethyl adjacent to an activating group) is 2. The molecule has 24 heavy (non-hydrogen) atoms. The quantitative estimate of drug-likeness (QED) is 0.690. The molecule has 0 radical (unpaired) electrons. The van der Waals surface area contributed by atoms with Gasteiger partial charge in [-0.05, 0) is 38.1 Å². The summed E-state index contributed by atoms with van der Waals surface area (Å²) in [6, 6.07) is 5.66. The van der Waals surface area contributed by atoms with Crippen molar-refractivity contribution in [3.63, 3.8) is 0 Å². The first-order chi connectivity index (χ1) is 11.3. The molecule has 1 unspecified atom stereocenters. The van der Waals surface area contributed by atoms with Gasteiger partial charge in [0, 0.05) is 18.8 Å². The first-order valence-electron chi connectivity index (χ1n) is 7.79. The monoisotopic (exact) mass is 344 g/mol. The summed E-state index contributed by atoms with van der Waals surface area (Å²) in [5.74, 6) is -0.239. The molecule has 0 aliphatic carbocycles. The molecule has 0 heterocycles. The minimum absolute atomic E-state index is 0.00111. The summed E-state index contributed by atoms with van der Waals surface area (Å²) < 4.78 is 28.4. The molecule has 0 fully saturated rings. The van der Waals surface area contributed by atoms with E-state index in [0.29, 0.717) is 18.8 Å². The Bertz CT molecular complexity index is 534. The zero-order chi connectivity index (χ0) is 18.1. The molecule has 8 heteroatoms. The zero-order valence-electron chi connectivity index (χ0n) is 14.1. The Morgan fingerprint density at radius 2 is 1.75 bits per heavy atom. The average Bonchev–Trinajstić information content (AvgIpc) is 2.49. The highest BCUT2D eigenvalue weighted by atomic mass is 19.3. The summed E-state index contributed by atoms with van der Waals surface area (Å²) in [6.07, 6.45) is 0. The summed E-state index contributed by atoms with van der Waals surface area (Å²) in [5.41, 5.74) is 0.476. The Kier molecular flexibility index (Phi) is 8.11. The number of carbonyl (C=O) groups excluding carboxylic acids is 2. The molecule has 0 aromatic heterocycles. The van der Waals surface area contributed by atoms with Crippen LogP contribution in [0.4, 0.5) is 14.5 Å². The molecule has 0 spiro atoms. The Morgan fingerprint density at radius 3 is 2.25 bits per heavy atom. The van der Waals surface area contributed by atoms with Crippen molar-refractivity contribution in [2.24, 2.45) is 0 Å². The van der Waals surface area contributed by atoms with Crippen molar-refractivity contribution in [2.45, 2.75) is 20.5 Å². The van der Waals surface area contributed by atoms with Gasteiger partial charge in [0.15, 0.2) is 13.1 Å². The Labute approximate surface area is 140 Å². The van der Waals surface area contributed by atoms with E-state index >= 15 is 0 Å². The SMILES string of the molecule is CCN(CC)C(=O)C[NH+](C)CC(=O)Nc1ccc(OC(F)F)cc1. The molecule has 0 saturated heterocycles. The fourth-order valence-corrected chi connectivity index (χ4v) is 2.21. The Morgan fingerprint density at radius 1 is 1.17 bits per heavy atom. The normalized spacial score (nSPS) is 11.9. The Hall–Kier alpha value is -2.22. The number of alkyl halides is 2. The molecule has 1 aromatic carbocycles. The highest BCUT2D eigenvalue weighted by Gasteiger charge is 2.17. The highest BCUT2D eigenvalue weighted by molar-refractivity contribution is 5.91. The van der Waals surface area contributed by atoms with Crippen molar-refractivity contribution in [1.29, 1.82) is 0 Å². The van der Waals surface area contributed by atoms with Crippen LogP contribution in [0, 0.1) is 0 Å². The van der Waals surface area contributed by atoms with E-state index < -0.39 is 6.61 Å². The van der Waals surface area contributed by atoms with Crippen LogP contribution in [0.15, 0.2) is 24.3 Å². The number of nitrogens with one attached hydrogen (secondary N) is 2. The number of halogens is 2. The topological polar surface area (TPSA) is 63.1 Å². The number of rotatable bonds is 9. The minimum atomic E-state index is -2.88. The van der Waals surface area contributed by atoms with E-state index in [0.717, 1.165) is 4.90 Å². The van der Waals surface area contributed by atoms with Gasteiger partial charge in [0.05, 0.1) is 7.05 Å². The molecule has 1 aromatic rings. The van der Waals surface area contributed by atoms with E-state index in [2.05, 4.69) is 10.1 Å². The van der Waals surface area contributed by atoms with Crippen molar-refractivity contribution in [1.82, 2.24) is 4.90 Å². The smallest absolute Gasteiger partial charge is 0.387 e. The van der Waals surface area contributed by atoms with Gasteiger partial charge >= 0.3 is 6.61 Å². The van der Waals surface area contributed by atoms with Gasteiger partial charge in [-0.1, -0.05) is 0 Å². The number of hydrogen-bond donors (Lipinski definition) is 2. The Balaban J connectivity index is 2.46. The lowest BCUT2D eigenvalue weighted by Gasteiger charge is -2.20. The highest BCUT2D eigenvalue weighted by Crippen LogP contribution is 2.17. The van der Waals surface area contributed by atoms with Crippen molar-refractivity contribution >= 4 is 17.5 Å². The second-order valence-corrected chi connectivity index (χ2v) is 5.33. The van der Waals surface area contributed by atoms with E-state index in [-0.39, 0.29) is 30.7 Å². The first-order valence-corrected chi connectivity index (χ1v) is 7.79. The maximum absolute atomic E-state index is 12.1. The van der Waals surface area contributed by atoms with Gasteiger partial charge in [0.25, 0.3) is 11.8 Å². The van der Waals surface area contributed by atoms with Crippen LogP contribution in [0.1, 0.15) is 13.8 Å². The summed E-state index contributed by atoms with van der Waals surface area (Å²) in [5, 5.41) is 2.66. The summed E-state index contributed by atoms with van der Waals surface area (Å²) in [4.78, 5) is 26.4. The molecular formula is C16H24F2N3O3+. The number of hydrogen-bond acceptors (Lipinski definition) is 3. The van der Waals surface area contributed by atoms with Gasteiger partial charge in [0.2, 0.25) is 0 Å². The van der Waals surface area contributed by atoms with Crippen molar-refractivity contribution in [3.8, 4) is 5.75 Å². The lowest BCUT2D eigenvalue weighted by Crippen LogP contribution is -3.11. The number of carbonyl (C=O) groups is 2. The number of quaternary nitrogens is 1. The van der Waals surface area contributed by atoms with Crippen LogP contribution >= 0.6 is 0 Å². The molecule has 6 nitrogen and oxygen atoms in total. The van der Waals surface area contributed by atoms with Crippen molar-refractivity contribution in [3.05, 3.63) is 24.3 Å². The summed E-state index contributed by atoms with van der Waals surface area (Å²) in [7, 11) is 1.76. The number of ether oxygens (including phenoxy) is 1. The van der Waals surface area contributed by atoms with Crippen LogP contribution in [0.5, 0.6) is 5.75 Å². The maximum Gasteiger partial charge on any atom is 0.387 e. The van der Waals surface area contributed by atoms with Crippen LogP contribution in [-0.4, -0.2) is 56.6 Å². The molecule has 2 amide bonds.